The fourth-order valence-electron chi connectivity index (χ4n) is 2.71. The third-order valence-electron chi connectivity index (χ3n) is 4.04. The predicted molar refractivity (Wildman–Crippen MR) is 79.8 cm³/mol. The molecule has 0 radical (unpaired) electrons. The maximum atomic E-state index is 12.8. The Labute approximate surface area is 124 Å². The van der Waals surface area contributed by atoms with E-state index in [1.54, 1.807) is 23.1 Å². The summed E-state index contributed by atoms with van der Waals surface area (Å²) in [4.78, 5) is 25.8. The highest BCUT2D eigenvalue weighted by atomic mass is 16.5. The number of amides is 2. The zero-order valence-corrected chi connectivity index (χ0v) is 12.3. The minimum absolute atomic E-state index is 0.0393. The Morgan fingerprint density at radius 2 is 2.05 bits per heavy atom. The molecule has 2 rings (SSSR count). The summed E-state index contributed by atoms with van der Waals surface area (Å²) in [5.41, 5.74) is 12.0. The van der Waals surface area contributed by atoms with Crippen LogP contribution in [0.15, 0.2) is 18.2 Å². The second-order valence-electron chi connectivity index (χ2n) is 5.41. The molecule has 6 heteroatoms. The van der Waals surface area contributed by atoms with Gasteiger partial charge in [-0.15, -0.1) is 0 Å². The first-order chi connectivity index (χ1) is 9.95. The summed E-state index contributed by atoms with van der Waals surface area (Å²) in [6.07, 6.45) is 1.45. The smallest absolute Gasteiger partial charge is 0.259 e. The summed E-state index contributed by atoms with van der Waals surface area (Å²) in [5, 5.41) is 0. The third-order valence-corrected chi connectivity index (χ3v) is 4.04. The van der Waals surface area contributed by atoms with Crippen molar-refractivity contribution in [1.82, 2.24) is 4.90 Å². The second kappa shape index (κ2) is 6.03. The van der Waals surface area contributed by atoms with Gasteiger partial charge in [0.25, 0.3) is 5.91 Å². The van der Waals surface area contributed by atoms with E-state index < -0.39 is 0 Å². The van der Waals surface area contributed by atoms with E-state index in [0.717, 1.165) is 6.42 Å². The van der Waals surface area contributed by atoms with Crippen LogP contribution in [-0.4, -0.2) is 36.4 Å². The van der Waals surface area contributed by atoms with Gasteiger partial charge in [-0.1, -0.05) is 6.07 Å². The van der Waals surface area contributed by atoms with Crippen molar-refractivity contribution in [2.75, 3.05) is 19.4 Å². The van der Waals surface area contributed by atoms with E-state index in [0.29, 0.717) is 30.0 Å². The maximum Gasteiger partial charge on any atom is 0.259 e. The van der Waals surface area contributed by atoms with E-state index in [1.807, 2.05) is 6.92 Å². The molecule has 1 aromatic carbocycles. The summed E-state index contributed by atoms with van der Waals surface area (Å²) >= 11 is 0. The van der Waals surface area contributed by atoms with Gasteiger partial charge in [-0.2, -0.15) is 0 Å². The first-order valence-corrected chi connectivity index (χ1v) is 6.98. The zero-order chi connectivity index (χ0) is 15.6. The Hall–Kier alpha value is -2.24. The molecule has 6 nitrogen and oxygen atoms in total. The molecule has 114 valence electrons. The van der Waals surface area contributed by atoms with Crippen LogP contribution in [0.2, 0.25) is 0 Å². The van der Waals surface area contributed by atoms with Crippen LogP contribution < -0.4 is 16.2 Å². The molecule has 1 heterocycles. The number of primary amides is 1. The van der Waals surface area contributed by atoms with Crippen LogP contribution in [0.1, 0.15) is 30.1 Å². The van der Waals surface area contributed by atoms with Crippen molar-refractivity contribution in [2.24, 2.45) is 11.7 Å². The minimum atomic E-state index is -0.368. The predicted octanol–water partition coefficient (Wildman–Crippen LogP) is 1.00. The van der Waals surface area contributed by atoms with Gasteiger partial charge in [-0.3, -0.25) is 9.59 Å². The van der Waals surface area contributed by atoms with Crippen molar-refractivity contribution in [3.63, 3.8) is 0 Å². The van der Waals surface area contributed by atoms with Gasteiger partial charge in [0.15, 0.2) is 0 Å². The number of nitrogens with two attached hydrogens (primary N) is 2. The van der Waals surface area contributed by atoms with E-state index in [9.17, 15) is 9.59 Å². The molecule has 2 atom stereocenters. The molecular formula is C15H21N3O3. The second-order valence-corrected chi connectivity index (χ2v) is 5.41. The lowest BCUT2D eigenvalue weighted by molar-refractivity contribution is -0.123. The van der Waals surface area contributed by atoms with Crippen LogP contribution in [0.25, 0.3) is 0 Å². The number of likely N-dealkylation sites (tertiary alicyclic amines) is 1. The first-order valence-electron chi connectivity index (χ1n) is 6.98. The fraction of sp³-hybridized carbons (Fsp3) is 0.467. The van der Waals surface area contributed by atoms with Crippen LogP contribution >= 0.6 is 0 Å². The number of carbonyl (C=O) groups is 2. The first kappa shape index (κ1) is 15.2. The average Bonchev–Trinajstić information content (AvgIpc) is 2.46. The number of benzene rings is 1. The Morgan fingerprint density at radius 1 is 1.33 bits per heavy atom. The fourth-order valence-corrected chi connectivity index (χ4v) is 2.71. The normalized spacial score (nSPS) is 21.9. The summed E-state index contributed by atoms with van der Waals surface area (Å²) in [6.45, 7) is 2.29. The van der Waals surface area contributed by atoms with Crippen LogP contribution in [-0.2, 0) is 4.79 Å². The number of hydrogen-bond acceptors (Lipinski definition) is 4. The lowest BCUT2D eigenvalue weighted by Crippen LogP contribution is -2.48. The molecule has 1 aromatic rings. The van der Waals surface area contributed by atoms with Crippen molar-refractivity contribution in [2.45, 2.75) is 25.8 Å². The van der Waals surface area contributed by atoms with Gasteiger partial charge in [-0.25, -0.2) is 0 Å². The largest absolute Gasteiger partial charge is 0.496 e. The van der Waals surface area contributed by atoms with Crippen LogP contribution in [0.4, 0.5) is 5.69 Å². The van der Waals surface area contributed by atoms with Gasteiger partial charge in [0.2, 0.25) is 5.91 Å². The van der Waals surface area contributed by atoms with Gasteiger partial charge in [0, 0.05) is 18.3 Å². The molecule has 0 spiro atoms. The van der Waals surface area contributed by atoms with E-state index in [1.165, 1.54) is 7.11 Å². The van der Waals surface area contributed by atoms with Crippen molar-refractivity contribution >= 4 is 17.5 Å². The molecule has 2 amide bonds. The van der Waals surface area contributed by atoms with E-state index in [2.05, 4.69) is 0 Å². The quantitative estimate of drug-likeness (QED) is 0.812. The molecule has 21 heavy (non-hydrogen) atoms. The lowest BCUT2D eigenvalue weighted by atomic mass is 9.92. The molecule has 0 aromatic heterocycles. The van der Waals surface area contributed by atoms with Crippen LogP contribution in [0.3, 0.4) is 0 Å². The number of nitrogens with zero attached hydrogens (tertiary/aromatic N) is 1. The highest BCUT2D eigenvalue weighted by Gasteiger charge is 2.33. The molecule has 1 fully saturated rings. The van der Waals surface area contributed by atoms with Gasteiger partial charge in [-0.05, 0) is 31.9 Å². The monoisotopic (exact) mass is 291 g/mol. The minimum Gasteiger partial charge on any atom is -0.496 e. The summed E-state index contributed by atoms with van der Waals surface area (Å²) in [5.74, 6) is -0.453. The molecule has 0 bridgehead atoms. The number of piperidine rings is 1. The Bertz CT molecular complexity index is 559. The van der Waals surface area contributed by atoms with Gasteiger partial charge >= 0.3 is 0 Å². The SMILES string of the molecule is COc1cccc(N)c1C(=O)N1CC(C(N)=O)CCC1C. The Kier molecular flexibility index (Phi) is 4.35. The maximum absolute atomic E-state index is 12.8. The number of nitrogen functional groups attached to an aromatic ring is 1. The number of carbonyl (C=O) groups excluding carboxylic acids is 2. The Morgan fingerprint density at radius 3 is 2.67 bits per heavy atom. The summed E-state index contributed by atoms with van der Waals surface area (Å²) in [6, 6.07) is 5.13. The number of methoxy groups -OCH3 is 1. The molecular weight excluding hydrogens is 270 g/mol. The van der Waals surface area contributed by atoms with E-state index in [-0.39, 0.29) is 23.8 Å². The van der Waals surface area contributed by atoms with E-state index >= 15 is 0 Å². The molecule has 1 aliphatic rings. The van der Waals surface area contributed by atoms with Crippen molar-refractivity contribution in [3.8, 4) is 5.75 Å². The third kappa shape index (κ3) is 2.94. The molecule has 4 N–H and O–H groups in total. The van der Waals surface area contributed by atoms with Crippen molar-refractivity contribution < 1.29 is 14.3 Å². The highest BCUT2D eigenvalue weighted by molar-refractivity contribution is 6.02. The average molecular weight is 291 g/mol. The van der Waals surface area contributed by atoms with Crippen molar-refractivity contribution in [3.05, 3.63) is 23.8 Å². The zero-order valence-electron chi connectivity index (χ0n) is 12.3. The van der Waals surface area contributed by atoms with E-state index in [4.69, 9.17) is 16.2 Å². The lowest BCUT2D eigenvalue weighted by Gasteiger charge is -2.37. The summed E-state index contributed by atoms with van der Waals surface area (Å²) in [7, 11) is 1.50. The molecule has 0 aliphatic carbocycles. The topological polar surface area (TPSA) is 98.7 Å². The number of rotatable bonds is 3. The molecule has 1 aliphatic heterocycles. The Balaban J connectivity index is 2.32. The number of hydrogen-bond donors (Lipinski definition) is 2. The number of ether oxygens (including phenoxy) is 1. The van der Waals surface area contributed by atoms with Crippen molar-refractivity contribution in [1.29, 1.82) is 0 Å². The highest BCUT2D eigenvalue weighted by Crippen LogP contribution is 2.29. The van der Waals surface area contributed by atoms with Crippen LogP contribution in [0.5, 0.6) is 5.75 Å². The standard InChI is InChI=1S/C15H21N3O3/c1-9-6-7-10(14(17)19)8-18(9)15(20)13-11(16)4-3-5-12(13)21-2/h3-5,9-10H,6-8,16H2,1-2H3,(H2,17,19). The van der Waals surface area contributed by atoms with Gasteiger partial charge < -0.3 is 21.1 Å². The summed E-state index contributed by atoms with van der Waals surface area (Å²) < 4.78 is 5.23. The van der Waals surface area contributed by atoms with Gasteiger partial charge in [0.1, 0.15) is 11.3 Å². The molecule has 2 unspecified atom stereocenters. The van der Waals surface area contributed by atoms with Gasteiger partial charge in [0.05, 0.1) is 13.0 Å². The molecule has 1 saturated heterocycles. The number of anilines is 1. The van der Waals surface area contributed by atoms with Crippen LogP contribution in [0, 0.1) is 5.92 Å². The molecule has 0 saturated carbocycles.